The number of aromatic nitrogens is 2. The van der Waals surface area contributed by atoms with Crippen molar-refractivity contribution in [2.24, 2.45) is 0 Å². The van der Waals surface area contributed by atoms with Crippen LogP contribution in [0.4, 0.5) is 0 Å². The Hall–Kier alpha value is -1.75. The minimum atomic E-state index is -0.0803. The number of hydrogen-bond donors (Lipinski definition) is 0. The van der Waals surface area contributed by atoms with E-state index in [9.17, 15) is 4.79 Å². The van der Waals surface area contributed by atoms with Crippen LogP contribution < -0.4 is 0 Å². The van der Waals surface area contributed by atoms with Gasteiger partial charge in [0.05, 0.1) is 17.8 Å². The first-order valence-electron chi connectivity index (χ1n) is 5.86. The fourth-order valence-corrected chi connectivity index (χ4v) is 2.17. The minimum absolute atomic E-state index is 0.0803. The predicted octanol–water partition coefficient (Wildman–Crippen LogP) is 2.82. The maximum absolute atomic E-state index is 12.3. The van der Waals surface area contributed by atoms with Crippen LogP contribution in [0, 0.1) is 6.92 Å². The van der Waals surface area contributed by atoms with E-state index >= 15 is 0 Å². The number of carbonyl (C=O) groups is 1. The van der Waals surface area contributed by atoms with Gasteiger partial charge in [0.1, 0.15) is 4.60 Å². The van der Waals surface area contributed by atoms with Crippen LogP contribution in [0.25, 0.3) is 0 Å². The van der Waals surface area contributed by atoms with Crippen molar-refractivity contribution >= 4 is 21.8 Å². The van der Waals surface area contributed by atoms with Crippen LogP contribution in [0.5, 0.6) is 0 Å². The molecule has 0 aliphatic carbocycles. The molecule has 19 heavy (non-hydrogen) atoms. The normalized spacial score (nSPS) is 10.3. The molecule has 0 bridgehead atoms. The standard InChI is InChI=1S/C14H14BrN3O/c1-10-5-3-6-11(17-10)9-18(2)14(19)12-7-4-8-16-13(12)15/h3-8H,9H2,1-2H3. The largest absolute Gasteiger partial charge is 0.336 e. The lowest BCUT2D eigenvalue weighted by molar-refractivity contribution is 0.0782. The van der Waals surface area contributed by atoms with E-state index in [4.69, 9.17) is 0 Å². The number of amides is 1. The van der Waals surface area contributed by atoms with Crippen LogP contribution in [-0.2, 0) is 6.54 Å². The summed E-state index contributed by atoms with van der Waals surface area (Å²) in [6, 6.07) is 9.28. The molecule has 0 atom stereocenters. The molecule has 0 unspecified atom stereocenters. The Morgan fingerprint density at radius 1 is 1.32 bits per heavy atom. The number of rotatable bonds is 3. The molecule has 2 aromatic heterocycles. The van der Waals surface area contributed by atoms with Gasteiger partial charge in [-0.1, -0.05) is 6.07 Å². The Balaban J connectivity index is 2.14. The van der Waals surface area contributed by atoms with Crippen molar-refractivity contribution in [1.82, 2.24) is 14.9 Å². The van der Waals surface area contributed by atoms with Gasteiger partial charge in [-0.05, 0) is 47.1 Å². The van der Waals surface area contributed by atoms with Crippen molar-refractivity contribution < 1.29 is 4.79 Å². The molecule has 2 heterocycles. The Morgan fingerprint density at radius 2 is 2.11 bits per heavy atom. The Labute approximate surface area is 120 Å². The molecule has 2 aromatic rings. The average molecular weight is 320 g/mol. The van der Waals surface area contributed by atoms with Gasteiger partial charge in [0.2, 0.25) is 0 Å². The van der Waals surface area contributed by atoms with Crippen LogP contribution in [-0.4, -0.2) is 27.8 Å². The summed E-state index contributed by atoms with van der Waals surface area (Å²) < 4.78 is 0.559. The monoisotopic (exact) mass is 319 g/mol. The zero-order valence-electron chi connectivity index (χ0n) is 10.8. The zero-order chi connectivity index (χ0) is 13.8. The molecule has 0 radical (unpaired) electrons. The maximum atomic E-state index is 12.3. The molecule has 0 N–H and O–H groups in total. The SMILES string of the molecule is Cc1cccc(CN(C)C(=O)c2cccnc2Br)n1. The lowest BCUT2D eigenvalue weighted by Gasteiger charge is -2.17. The van der Waals surface area contributed by atoms with E-state index in [2.05, 4.69) is 25.9 Å². The summed E-state index contributed by atoms with van der Waals surface area (Å²) in [4.78, 5) is 22.4. The van der Waals surface area contributed by atoms with Gasteiger partial charge < -0.3 is 4.90 Å². The highest BCUT2D eigenvalue weighted by molar-refractivity contribution is 9.10. The van der Waals surface area contributed by atoms with Gasteiger partial charge in [-0.3, -0.25) is 9.78 Å². The molecule has 0 aliphatic rings. The summed E-state index contributed by atoms with van der Waals surface area (Å²) in [5.74, 6) is -0.0803. The van der Waals surface area contributed by atoms with E-state index in [1.165, 1.54) is 0 Å². The van der Waals surface area contributed by atoms with Crippen molar-refractivity contribution in [2.45, 2.75) is 13.5 Å². The van der Waals surface area contributed by atoms with Gasteiger partial charge in [0, 0.05) is 18.9 Å². The van der Waals surface area contributed by atoms with Crippen molar-refractivity contribution in [3.05, 3.63) is 58.1 Å². The van der Waals surface area contributed by atoms with E-state index in [0.717, 1.165) is 11.4 Å². The highest BCUT2D eigenvalue weighted by atomic mass is 79.9. The Bertz CT molecular complexity index is 601. The van der Waals surface area contributed by atoms with Gasteiger partial charge in [0.25, 0.3) is 5.91 Å². The lowest BCUT2D eigenvalue weighted by Crippen LogP contribution is -2.27. The molecule has 0 aliphatic heterocycles. The van der Waals surface area contributed by atoms with Crippen LogP contribution in [0.1, 0.15) is 21.7 Å². The number of carbonyl (C=O) groups excluding carboxylic acids is 1. The second-order valence-corrected chi connectivity index (χ2v) is 5.02. The topological polar surface area (TPSA) is 46.1 Å². The first-order valence-corrected chi connectivity index (χ1v) is 6.66. The Morgan fingerprint density at radius 3 is 2.79 bits per heavy atom. The molecule has 0 spiro atoms. The number of nitrogens with zero attached hydrogens (tertiary/aromatic N) is 3. The molecule has 98 valence electrons. The quantitative estimate of drug-likeness (QED) is 0.817. The summed E-state index contributed by atoms with van der Waals surface area (Å²) in [6.45, 7) is 2.41. The van der Waals surface area contributed by atoms with E-state index in [-0.39, 0.29) is 5.91 Å². The fraction of sp³-hybridized carbons (Fsp3) is 0.214. The third-order valence-electron chi connectivity index (χ3n) is 2.68. The summed E-state index contributed by atoms with van der Waals surface area (Å²) in [6.07, 6.45) is 1.64. The highest BCUT2D eigenvalue weighted by Crippen LogP contribution is 2.15. The molecule has 0 fully saturated rings. The maximum Gasteiger partial charge on any atom is 0.256 e. The number of pyridine rings is 2. The average Bonchev–Trinajstić information content (AvgIpc) is 2.38. The number of aryl methyl sites for hydroxylation is 1. The summed E-state index contributed by atoms with van der Waals surface area (Å²) in [7, 11) is 1.76. The van der Waals surface area contributed by atoms with Crippen molar-refractivity contribution in [2.75, 3.05) is 7.05 Å². The molecule has 2 rings (SSSR count). The van der Waals surface area contributed by atoms with E-state index in [1.54, 1.807) is 30.3 Å². The zero-order valence-corrected chi connectivity index (χ0v) is 12.4. The molecule has 1 amide bonds. The van der Waals surface area contributed by atoms with Gasteiger partial charge in [0.15, 0.2) is 0 Å². The molecule has 0 saturated heterocycles. The third kappa shape index (κ3) is 3.38. The molecule has 4 nitrogen and oxygen atoms in total. The highest BCUT2D eigenvalue weighted by Gasteiger charge is 2.15. The molecule has 0 aromatic carbocycles. The van der Waals surface area contributed by atoms with Gasteiger partial charge >= 0.3 is 0 Å². The molecular weight excluding hydrogens is 306 g/mol. The van der Waals surface area contributed by atoms with Gasteiger partial charge in [-0.25, -0.2) is 4.98 Å². The van der Waals surface area contributed by atoms with Crippen LogP contribution >= 0.6 is 15.9 Å². The molecular formula is C14H14BrN3O. The van der Waals surface area contributed by atoms with E-state index in [0.29, 0.717) is 16.7 Å². The minimum Gasteiger partial charge on any atom is -0.336 e. The summed E-state index contributed by atoms with van der Waals surface area (Å²) in [5.41, 5.74) is 2.37. The second kappa shape index (κ2) is 5.93. The fourth-order valence-electron chi connectivity index (χ4n) is 1.75. The predicted molar refractivity (Wildman–Crippen MR) is 76.7 cm³/mol. The first-order chi connectivity index (χ1) is 9.08. The summed E-state index contributed by atoms with van der Waals surface area (Å²) >= 11 is 3.29. The Kier molecular flexibility index (Phi) is 4.27. The van der Waals surface area contributed by atoms with Crippen LogP contribution in [0.2, 0.25) is 0 Å². The summed E-state index contributed by atoms with van der Waals surface area (Å²) in [5, 5.41) is 0. The first kappa shape index (κ1) is 13.7. The lowest BCUT2D eigenvalue weighted by atomic mass is 10.2. The molecule has 0 saturated carbocycles. The second-order valence-electron chi connectivity index (χ2n) is 4.27. The van der Waals surface area contributed by atoms with Crippen molar-refractivity contribution in [3.63, 3.8) is 0 Å². The molecule has 5 heteroatoms. The number of halogens is 1. The number of hydrogen-bond acceptors (Lipinski definition) is 3. The van der Waals surface area contributed by atoms with Gasteiger partial charge in [-0.2, -0.15) is 0 Å². The smallest absolute Gasteiger partial charge is 0.256 e. The van der Waals surface area contributed by atoms with Crippen molar-refractivity contribution in [3.8, 4) is 0 Å². The van der Waals surface area contributed by atoms with Crippen LogP contribution in [0.3, 0.4) is 0 Å². The van der Waals surface area contributed by atoms with Crippen LogP contribution in [0.15, 0.2) is 41.1 Å². The van der Waals surface area contributed by atoms with Gasteiger partial charge in [-0.15, -0.1) is 0 Å². The van der Waals surface area contributed by atoms with Crippen molar-refractivity contribution in [1.29, 1.82) is 0 Å². The van der Waals surface area contributed by atoms with E-state index < -0.39 is 0 Å². The van der Waals surface area contributed by atoms with E-state index in [1.807, 2.05) is 25.1 Å². The third-order valence-corrected chi connectivity index (χ3v) is 3.31.